The van der Waals surface area contributed by atoms with Gasteiger partial charge in [0, 0.05) is 63.4 Å². The van der Waals surface area contributed by atoms with Crippen LogP contribution in [0.4, 0.5) is 28.9 Å². The van der Waals surface area contributed by atoms with E-state index in [1.54, 1.807) is 69.5 Å². The topological polar surface area (TPSA) is 214 Å². The molecule has 404 valence electrons. The summed E-state index contributed by atoms with van der Waals surface area (Å²) in [6.07, 6.45) is 0. The highest BCUT2D eigenvalue weighted by molar-refractivity contribution is 7.22. The monoisotopic (exact) mass is 1130 g/mol. The van der Waals surface area contributed by atoms with E-state index < -0.39 is 75.9 Å². The Kier molecular flexibility index (Phi) is 15.5. The van der Waals surface area contributed by atoms with Crippen molar-refractivity contribution in [1.82, 2.24) is 48.5 Å². The van der Waals surface area contributed by atoms with Gasteiger partial charge in [-0.25, -0.2) is 36.3 Å². The molecular formula is C53H43ClF4N12O7S2. The number of azo groups is 1. The van der Waals surface area contributed by atoms with E-state index in [2.05, 4.69) is 25.5 Å². The van der Waals surface area contributed by atoms with Crippen LogP contribution in [0.1, 0.15) is 22.3 Å². The number of hydrogen-bond donors (Lipinski definition) is 1. The van der Waals surface area contributed by atoms with Crippen molar-refractivity contribution in [2.45, 2.75) is 26.2 Å². The van der Waals surface area contributed by atoms with Gasteiger partial charge in [-0.2, -0.15) is 0 Å². The van der Waals surface area contributed by atoms with Gasteiger partial charge in [-0.3, -0.25) is 18.7 Å². The van der Waals surface area contributed by atoms with Gasteiger partial charge in [0.05, 0.1) is 31.0 Å². The number of benzene rings is 4. The highest BCUT2D eigenvalue weighted by Crippen LogP contribution is 2.41. The predicted molar refractivity (Wildman–Crippen MR) is 292 cm³/mol. The first-order valence-corrected chi connectivity index (χ1v) is 25.1. The van der Waals surface area contributed by atoms with E-state index in [9.17, 15) is 29.5 Å². The molecule has 0 saturated heterocycles. The third kappa shape index (κ3) is 10.4. The molecule has 0 bridgehead atoms. The third-order valence-corrected chi connectivity index (χ3v) is 15.1. The molecule has 1 N–H and O–H groups in total. The van der Waals surface area contributed by atoms with E-state index in [4.69, 9.17) is 4.74 Å². The number of rotatable bonds is 15. The number of methoxy groups -OCH3 is 1. The number of nitrogens with zero attached hydrogens (tertiary/aromatic N) is 12. The molecule has 10 rings (SSSR count). The standard InChI is InChI=1S/C53H42F4N12O7S2.ClH/c1-63(2)24-34-44-49(72)68(41-21-23-43(76-5)61-59-41)53(74)66(27-33-38(56)10-7-11-39(33)57)50(44)77-46(34)28-12-16-30(17-13-28)62-69(75)31-18-14-29(15-19-31)47-35(25-64(3)4)45-48(71)67(40-20-22-42(70)60-58-40)52(73)65(51(45)78-47)26-32-36(54)8-6-9-37(32)55;/h6-23H,24-27H2,1-5H3,(H,60,70);1H. The van der Waals surface area contributed by atoms with E-state index >= 15 is 17.6 Å². The quantitative estimate of drug-likeness (QED) is 0.0442. The van der Waals surface area contributed by atoms with Gasteiger partial charge < -0.3 is 24.9 Å². The number of halogens is 5. The van der Waals surface area contributed by atoms with Crippen LogP contribution in [0.15, 0.2) is 133 Å². The van der Waals surface area contributed by atoms with Crippen LogP contribution < -0.4 is 27.2 Å². The van der Waals surface area contributed by atoms with Crippen LogP contribution in [0.2, 0.25) is 0 Å². The molecule has 0 saturated carbocycles. The molecule has 0 radical (unpaired) electrons. The zero-order valence-electron chi connectivity index (χ0n) is 42.2. The van der Waals surface area contributed by atoms with Crippen LogP contribution in [0.3, 0.4) is 0 Å². The highest BCUT2D eigenvalue weighted by Gasteiger charge is 2.28. The van der Waals surface area contributed by atoms with Crippen LogP contribution in [-0.4, -0.2) is 93.7 Å². The highest BCUT2D eigenvalue weighted by atomic mass is 35.5. The van der Waals surface area contributed by atoms with E-state index in [1.807, 2.05) is 4.90 Å². The molecule has 4 aromatic carbocycles. The average Bonchev–Trinajstić information content (AvgIpc) is 3.97. The van der Waals surface area contributed by atoms with Gasteiger partial charge >= 0.3 is 11.4 Å². The normalized spacial score (nSPS) is 11.8. The van der Waals surface area contributed by atoms with Gasteiger partial charge in [0.1, 0.15) is 38.6 Å². The lowest BCUT2D eigenvalue weighted by Gasteiger charge is -2.14. The Morgan fingerprint density at radius 3 is 1.42 bits per heavy atom. The van der Waals surface area contributed by atoms with Crippen LogP contribution in [0, 0.1) is 28.5 Å². The first-order valence-electron chi connectivity index (χ1n) is 23.5. The van der Waals surface area contributed by atoms with Crippen molar-refractivity contribution in [3.63, 3.8) is 0 Å². The summed E-state index contributed by atoms with van der Waals surface area (Å²) in [5, 5.41) is 43.4. The lowest BCUT2D eigenvalue weighted by molar-refractivity contribution is -0.435. The Labute approximate surface area is 458 Å². The van der Waals surface area contributed by atoms with Crippen molar-refractivity contribution in [2.24, 2.45) is 5.11 Å². The summed E-state index contributed by atoms with van der Waals surface area (Å²) in [6.45, 7) is -0.806. The first kappa shape index (κ1) is 55.0. The van der Waals surface area contributed by atoms with Crippen molar-refractivity contribution in [3.8, 4) is 44.3 Å². The van der Waals surface area contributed by atoms with Crippen LogP contribution >= 0.6 is 35.1 Å². The minimum atomic E-state index is -0.963. The second kappa shape index (κ2) is 22.3. The number of thiophene rings is 2. The summed E-state index contributed by atoms with van der Waals surface area (Å²) in [4.78, 5) is 63.0. The molecule has 0 amide bonds. The van der Waals surface area contributed by atoms with E-state index in [0.29, 0.717) is 36.9 Å². The van der Waals surface area contributed by atoms with Crippen LogP contribution in [0.5, 0.6) is 11.8 Å². The number of hydrogen-bond acceptors (Lipinski definition) is 16. The number of ether oxygens (including phenoxy) is 1. The van der Waals surface area contributed by atoms with Crippen molar-refractivity contribution in [3.05, 3.63) is 202 Å². The summed E-state index contributed by atoms with van der Waals surface area (Å²) in [5.41, 5.74) is -1.79. The minimum Gasteiger partial charge on any atom is -0.594 e. The number of aromatic nitrogens is 8. The zero-order valence-corrected chi connectivity index (χ0v) is 44.7. The van der Waals surface area contributed by atoms with Crippen molar-refractivity contribution < 1.29 is 32.3 Å². The summed E-state index contributed by atoms with van der Waals surface area (Å²) < 4.78 is 69.7. The molecule has 19 nitrogen and oxygen atoms in total. The zero-order chi connectivity index (χ0) is 55.3. The molecular weight excluding hydrogens is 1090 g/mol. The molecule has 0 atom stereocenters. The lowest BCUT2D eigenvalue weighted by Crippen LogP contribution is -2.39. The van der Waals surface area contributed by atoms with Gasteiger partial charge in [0.25, 0.3) is 11.1 Å². The van der Waals surface area contributed by atoms with E-state index in [-0.39, 0.29) is 74.8 Å². The maximum absolute atomic E-state index is 15.2. The smallest absolute Gasteiger partial charge is 0.338 e. The Morgan fingerprint density at radius 2 is 1.03 bits per heavy atom. The Hall–Kier alpha value is -8.75. The molecule has 0 aliphatic rings. The summed E-state index contributed by atoms with van der Waals surface area (Å²) in [5.74, 6) is -4.33. The predicted octanol–water partition coefficient (Wildman–Crippen LogP) is 8.49. The molecule has 0 aliphatic carbocycles. The molecule has 26 heteroatoms. The average molecular weight is 1140 g/mol. The maximum atomic E-state index is 15.2. The molecule has 6 aromatic heterocycles. The molecule has 0 fully saturated rings. The van der Waals surface area contributed by atoms with Gasteiger partial charge in [0.15, 0.2) is 11.6 Å². The molecule has 0 aliphatic heterocycles. The Morgan fingerprint density at radius 1 is 0.595 bits per heavy atom. The lowest BCUT2D eigenvalue weighted by atomic mass is 10.1. The SMILES string of the molecule is COc1ccc(-n2c(=O)c3c(CN(C)C)c(-c4ccc(N=[N+]([O-])c5ccc(-c6sc7c(c6CN(C)C)c(=O)n(-c6ccc(O)nn6)c(=O)n7Cc6c(F)cccc6F)cc5)cc4)sc3n(Cc3c(F)cccc3F)c2=O)nn1.Cl. The summed E-state index contributed by atoms with van der Waals surface area (Å²) >= 11 is 2.13. The molecule has 79 heavy (non-hydrogen) atoms. The van der Waals surface area contributed by atoms with Crippen molar-refractivity contribution in [2.75, 3.05) is 35.3 Å². The van der Waals surface area contributed by atoms with Gasteiger partial charge in [-0.1, -0.05) is 29.1 Å². The first-order chi connectivity index (χ1) is 37.4. The molecule has 10 aromatic rings. The fourth-order valence-corrected chi connectivity index (χ4v) is 11.5. The van der Waals surface area contributed by atoms with Crippen LogP contribution in [0.25, 0.3) is 53.0 Å². The van der Waals surface area contributed by atoms with Crippen molar-refractivity contribution in [1.29, 1.82) is 0 Å². The van der Waals surface area contributed by atoms with Crippen molar-refractivity contribution >= 4 is 66.9 Å². The summed E-state index contributed by atoms with van der Waals surface area (Å²) in [7, 11) is 8.50. The van der Waals surface area contributed by atoms with Gasteiger partial charge in [-0.15, -0.1) is 55.5 Å². The Balaban J connectivity index is 0.00000757. The fraction of sp³-hybridized carbons (Fsp3) is 0.170. The molecule has 6 heterocycles. The second-order valence-corrected chi connectivity index (χ2v) is 20.2. The minimum absolute atomic E-state index is 0. The number of fused-ring (bicyclic) bond motifs is 2. The second-order valence-electron chi connectivity index (χ2n) is 18.2. The van der Waals surface area contributed by atoms with E-state index in [0.717, 1.165) is 71.3 Å². The summed E-state index contributed by atoms with van der Waals surface area (Å²) in [6, 6.07) is 24.6. The molecule has 0 unspecified atom stereocenters. The van der Waals surface area contributed by atoms with E-state index in [1.165, 1.54) is 49.6 Å². The maximum Gasteiger partial charge on any atom is 0.338 e. The molecule has 0 spiro atoms. The fourth-order valence-electron chi connectivity index (χ4n) is 8.86. The third-order valence-electron chi connectivity index (χ3n) is 12.5. The number of aromatic hydroxyl groups is 1. The van der Waals surface area contributed by atoms with Crippen LogP contribution in [-0.2, 0) is 26.2 Å². The van der Waals surface area contributed by atoms with Gasteiger partial charge in [0.2, 0.25) is 17.4 Å². The van der Waals surface area contributed by atoms with Gasteiger partial charge in [-0.05, 0) is 111 Å². The Bertz CT molecular complexity index is 4220. The largest absolute Gasteiger partial charge is 0.594 e.